The first kappa shape index (κ1) is 31.4. The molecule has 3 aromatic carbocycles. The van der Waals surface area contributed by atoms with Crippen LogP contribution >= 0.6 is 23.1 Å². The van der Waals surface area contributed by atoms with Crippen LogP contribution in [0.4, 0.5) is 28.9 Å². The fourth-order valence-electron chi connectivity index (χ4n) is 5.56. The average molecular weight is 674 g/mol. The summed E-state index contributed by atoms with van der Waals surface area (Å²) in [5.74, 6) is -4.84. The van der Waals surface area contributed by atoms with E-state index in [1.54, 1.807) is 6.92 Å². The zero-order chi connectivity index (χ0) is 32.9. The Morgan fingerprint density at radius 3 is 2.46 bits per heavy atom. The Bertz CT molecular complexity index is 1920. The second kappa shape index (κ2) is 11.9. The van der Waals surface area contributed by atoms with E-state index in [1.807, 2.05) is 0 Å². The summed E-state index contributed by atoms with van der Waals surface area (Å²) in [7, 11) is 0. The number of alkyl halides is 3. The fraction of sp³-hybridized carbons (Fsp3) is 0.226. The van der Waals surface area contributed by atoms with Gasteiger partial charge in [-0.2, -0.15) is 13.2 Å². The molecule has 2 aliphatic rings. The highest BCUT2D eigenvalue weighted by Gasteiger charge is 2.57. The molecule has 46 heavy (non-hydrogen) atoms. The normalized spacial score (nSPS) is 19.2. The van der Waals surface area contributed by atoms with Gasteiger partial charge in [0, 0.05) is 16.5 Å². The van der Waals surface area contributed by atoms with Crippen molar-refractivity contribution in [2.75, 3.05) is 16.8 Å². The number of hydrogen-bond acceptors (Lipinski definition) is 8. The van der Waals surface area contributed by atoms with Crippen LogP contribution in [0.25, 0.3) is 0 Å². The van der Waals surface area contributed by atoms with E-state index in [1.165, 1.54) is 41.0 Å². The third-order valence-electron chi connectivity index (χ3n) is 7.55. The van der Waals surface area contributed by atoms with Crippen molar-refractivity contribution in [1.29, 1.82) is 0 Å². The van der Waals surface area contributed by atoms with E-state index in [2.05, 4.69) is 5.32 Å². The Hall–Kier alpha value is -4.63. The van der Waals surface area contributed by atoms with Gasteiger partial charge in [0.25, 0.3) is 0 Å². The number of rotatable bonds is 7. The van der Waals surface area contributed by atoms with Gasteiger partial charge in [-0.15, -0.1) is 0 Å². The van der Waals surface area contributed by atoms with Crippen LogP contribution in [0.5, 0.6) is 11.5 Å². The average Bonchev–Trinajstić information content (AvgIpc) is 3.45. The molecule has 3 heterocycles. The maximum Gasteiger partial charge on any atom is 0.416 e. The molecule has 2 N–H and O–H groups in total. The van der Waals surface area contributed by atoms with Crippen LogP contribution in [0.15, 0.2) is 76.6 Å². The molecule has 0 bridgehead atoms. The first-order chi connectivity index (χ1) is 21.9. The summed E-state index contributed by atoms with van der Waals surface area (Å²) in [6.07, 6.45) is -4.72. The molecule has 0 radical (unpaired) electrons. The second-order valence-electron chi connectivity index (χ2n) is 10.4. The summed E-state index contributed by atoms with van der Waals surface area (Å²) in [6, 6.07) is 13.3. The molecule has 3 amide bonds. The van der Waals surface area contributed by atoms with Crippen LogP contribution in [0.2, 0.25) is 0 Å². The molecule has 0 spiro atoms. The molecule has 1 fully saturated rings. The molecule has 0 saturated carbocycles. The van der Waals surface area contributed by atoms with Gasteiger partial charge >= 0.3 is 11.0 Å². The van der Waals surface area contributed by atoms with Gasteiger partial charge < -0.3 is 15.2 Å². The minimum absolute atomic E-state index is 0.0910. The van der Waals surface area contributed by atoms with E-state index in [-0.39, 0.29) is 34.5 Å². The van der Waals surface area contributed by atoms with Gasteiger partial charge in [0.1, 0.15) is 17.6 Å². The molecule has 9 nitrogen and oxygen atoms in total. The predicted molar refractivity (Wildman–Crippen MR) is 162 cm³/mol. The van der Waals surface area contributed by atoms with Gasteiger partial charge in [0.05, 0.1) is 28.8 Å². The number of halogens is 4. The molecular weight excluding hydrogens is 650 g/mol. The Morgan fingerprint density at radius 1 is 1.02 bits per heavy atom. The van der Waals surface area contributed by atoms with Crippen molar-refractivity contribution in [2.45, 2.75) is 35.8 Å². The van der Waals surface area contributed by atoms with Crippen molar-refractivity contribution in [1.82, 2.24) is 4.57 Å². The molecule has 2 aliphatic heterocycles. The molecule has 0 unspecified atom stereocenters. The summed E-state index contributed by atoms with van der Waals surface area (Å²) < 4.78 is 60.6. The van der Waals surface area contributed by atoms with Gasteiger partial charge in [-0.25, -0.2) is 9.29 Å². The summed E-state index contributed by atoms with van der Waals surface area (Å²) in [4.78, 5) is 54.8. The smallest absolute Gasteiger partial charge is 0.416 e. The zero-order valence-corrected chi connectivity index (χ0v) is 25.3. The number of imide groups is 1. The summed E-state index contributed by atoms with van der Waals surface area (Å²) in [5, 5.41) is 12.0. The molecule has 3 atom stereocenters. The number of thioether (sulfide) groups is 1. The molecule has 238 valence electrons. The van der Waals surface area contributed by atoms with Crippen LogP contribution in [0, 0.1) is 11.7 Å². The third-order valence-corrected chi connectivity index (χ3v) is 10.2. The minimum atomic E-state index is -4.72. The van der Waals surface area contributed by atoms with Gasteiger partial charge in [0.15, 0.2) is 11.5 Å². The van der Waals surface area contributed by atoms with E-state index >= 15 is 0 Å². The maximum absolute atomic E-state index is 14.0. The lowest BCUT2D eigenvalue weighted by atomic mass is 9.83. The third kappa shape index (κ3) is 5.64. The van der Waals surface area contributed by atoms with Crippen molar-refractivity contribution < 1.29 is 41.8 Å². The molecule has 0 aliphatic carbocycles. The van der Waals surface area contributed by atoms with Crippen LogP contribution < -0.4 is 19.8 Å². The minimum Gasteiger partial charge on any atom is -0.504 e. The molecule has 4 aromatic rings. The number of phenols is 1. The number of benzene rings is 3. The summed E-state index contributed by atoms with van der Waals surface area (Å²) >= 11 is 1.66. The van der Waals surface area contributed by atoms with E-state index in [0.717, 1.165) is 58.3 Å². The van der Waals surface area contributed by atoms with Crippen molar-refractivity contribution in [3.63, 3.8) is 0 Å². The number of aromatic hydroxyl groups is 1. The van der Waals surface area contributed by atoms with E-state index in [0.29, 0.717) is 10.4 Å². The van der Waals surface area contributed by atoms with Gasteiger partial charge in [0.2, 0.25) is 17.7 Å². The highest BCUT2D eigenvalue weighted by atomic mass is 32.2. The first-order valence-electron chi connectivity index (χ1n) is 13.8. The van der Waals surface area contributed by atoms with Crippen molar-refractivity contribution in [3.05, 3.63) is 98.2 Å². The number of phenolic OH excluding ortho intramolecular Hbond substituents is 1. The van der Waals surface area contributed by atoms with Crippen molar-refractivity contribution >= 4 is 52.2 Å². The lowest BCUT2D eigenvalue weighted by Gasteiger charge is -2.31. The number of nitrogens with one attached hydrogen (secondary N) is 1. The Kier molecular flexibility index (Phi) is 8.14. The topological polar surface area (TPSA) is 118 Å². The van der Waals surface area contributed by atoms with Crippen LogP contribution in [-0.4, -0.2) is 39.3 Å². The predicted octanol–water partition coefficient (Wildman–Crippen LogP) is 5.61. The number of amides is 3. The number of ether oxygens (including phenoxy) is 1. The summed E-state index contributed by atoms with van der Waals surface area (Å²) in [5.41, 5.74) is -0.590. The highest BCUT2D eigenvalue weighted by molar-refractivity contribution is 8.00. The standard InChI is InChI=1S/C31H23F4N3O6S2/c1-2-44-21-12-15(6-11-20(21)39)23-24-25(28(42)38(27(24)41)19-5-3-4-16(13-19)31(33,34)35)45-29-26(23)46-30(43)37(29)14-22(40)36-18-9-7-17(32)8-10-18/h3-13,23-25,39H,2,14H2,1H3,(H,36,40)/t23-,24+,25-/m0/s1. The maximum atomic E-state index is 14.0. The summed E-state index contributed by atoms with van der Waals surface area (Å²) in [6.45, 7) is 1.42. The molecule has 6 rings (SSSR count). The molecule has 1 saturated heterocycles. The lowest BCUT2D eigenvalue weighted by molar-refractivity contribution is -0.137. The van der Waals surface area contributed by atoms with Crippen LogP contribution in [0.3, 0.4) is 0 Å². The monoisotopic (exact) mass is 673 g/mol. The molecular formula is C31H23F4N3O6S2. The van der Waals surface area contributed by atoms with Crippen LogP contribution in [-0.2, 0) is 27.1 Å². The second-order valence-corrected chi connectivity index (χ2v) is 12.6. The van der Waals surface area contributed by atoms with E-state index in [9.17, 15) is 41.8 Å². The molecule has 15 heteroatoms. The lowest BCUT2D eigenvalue weighted by Crippen LogP contribution is -2.33. The highest BCUT2D eigenvalue weighted by Crippen LogP contribution is 2.54. The van der Waals surface area contributed by atoms with E-state index in [4.69, 9.17) is 4.74 Å². The number of fused-ring (bicyclic) bond motifs is 2. The SMILES string of the molecule is CCOc1cc([C@@H]2c3sc(=O)n(CC(=O)Nc4ccc(F)cc4)c3S[C@@H]3C(=O)N(c4cccc(C(F)(F)F)c4)C(=O)[C@H]23)ccc1O. The number of anilines is 2. The van der Waals surface area contributed by atoms with Crippen LogP contribution in [0.1, 0.15) is 28.8 Å². The largest absolute Gasteiger partial charge is 0.504 e. The van der Waals surface area contributed by atoms with Crippen molar-refractivity contribution in [3.8, 4) is 11.5 Å². The number of thiazole rings is 1. The molecule has 1 aromatic heterocycles. The van der Waals surface area contributed by atoms with Gasteiger partial charge in [-0.3, -0.25) is 23.7 Å². The Morgan fingerprint density at radius 2 is 1.76 bits per heavy atom. The Labute approximate surface area is 266 Å². The quantitative estimate of drug-likeness (QED) is 0.194. The van der Waals surface area contributed by atoms with Gasteiger partial charge in [-0.05, 0) is 67.1 Å². The number of carbonyl (C=O) groups is 3. The number of aromatic nitrogens is 1. The number of hydrogen-bond donors (Lipinski definition) is 2. The zero-order valence-electron chi connectivity index (χ0n) is 23.7. The fourth-order valence-corrected chi connectivity index (χ4v) is 8.34. The number of carbonyl (C=O) groups excluding carboxylic acids is 3. The first-order valence-corrected chi connectivity index (χ1v) is 15.5. The number of nitrogens with zero attached hydrogens (tertiary/aromatic N) is 2. The Balaban J connectivity index is 1.44. The van der Waals surface area contributed by atoms with Gasteiger partial charge in [-0.1, -0.05) is 35.2 Å². The van der Waals surface area contributed by atoms with E-state index < -0.39 is 63.8 Å². The van der Waals surface area contributed by atoms with Crippen molar-refractivity contribution in [2.24, 2.45) is 5.92 Å².